The van der Waals surface area contributed by atoms with Gasteiger partial charge in [0.05, 0.1) is 14.2 Å². The zero-order chi connectivity index (χ0) is 21.7. The fourth-order valence-corrected chi connectivity index (χ4v) is 3.97. The van der Waals surface area contributed by atoms with E-state index in [1.54, 1.807) is 14.2 Å². The summed E-state index contributed by atoms with van der Waals surface area (Å²) in [5, 5.41) is 0. The van der Waals surface area contributed by atoms with Crippen LogP contribution in [0.4, 0.5) is 0 Å². The summed E-state index contributed by atoms with van der Waals surface area (Å²) in [6.45, 7) is 0.635. The lowest BCUT2D eigenvalue weighted by Gasteiger charge is -2.36. The molecule has 1 aromatic heterocycles. The van der Waals surface area contributed by atoms with Gasteiger partial charge in [0.2, 0.25) is 5.91 Å². The molecule has 0 spiro atoms. The molecule has 1 saturated heterocycles. The third kappa shape index (κ3) is 4.75. The summed E-state index contributed by atoms with van der Waals surface area (Å²) in [5.41, 5.74) is 0.268. The first-order chi connectivity index (χ1) is 14.4. The maximum atomic E-state index is 13.0. The average Bonchev–Trinajstić information content (AvgIpc) is 2.77. The number of methoxy groups -OCH3 is 2. The number of likely N-dealkylation sites (tertiary alicyclic amines) is 1. The van der Waals surface area contributed by atoms with Crippen LogP contribution >= 0.6 is 0 Å². The van der Waals surface area contributed by atoms with Crippen molar-refractivity contribution in [3.63, 3.8) is 0 Å². The van der Waals surface area contributed by atoms with Gasteiger partial charge >= 0.3 is 5.69 Å². The second-order valence-electron chi connectivity index (χ2n) is 7.59. The first-order valence-corrected chi connectivity index (χ1v) is 10.2. The minimum Gasteiger partial charge on any atom is -0.493 e. The summed E-state index contributed by atoms with van der Waals surface area (Å²) in [7, 11) is 4.64. The molecule has 1 unspecified atom stereocenters. The van der Waals surface area contributed by atoms with Gasteiger partial charge in [-0.15, -0.1) is 0 Å². The van der Waals surface area contributed by atoms with Gasteiger partial charge in [-0.3, -0.25) is 18.7 Å². The molecule has 1 fully saturated rings. The number of hydrogen-bond donors (Lipinski definition) is 0. The maximum Gasteiger partial charge on any atom is 0.331 e. The number of carbonyl (C=O) groups excluding carboxylic acids is 1. The fourth-order valence-electron chi connectivity index (χ4n) is 3.97. The van der Waals surface area contributed by atoms with Gasteiger partial charge in [0.25, 0.3) is 5.56 Å². The van der Waals surface area contributed by atoms with Crippen LogP contribution in [0.2, 0.25) is 0 Å². The molecule has 1 amide bonds. The SMILES string of the molecule is COc1ccc(CCC2CCCCN2C(=O)Cn2ccc(=O)n(C)c2=O)cc1OC. The van der Waals surface area contributed by atoms with Crippen molar-refractivity contribution >= 4 is 5.91 Å². The normalized spacial score (nSPS) is 16.4. The Kier molecular flexibility index (Phi) is 6.97. The highest BCUT2D eigenvalue weighted by molar-refractivity contribution is 5.76. The minimum absolute atomic E-state index is 0.0557. The summed E-state index contributed by atoms with van der Waals surface area (Å²) in [6, 6.07) is 7.31. The number of ether oxygens (including phenoxy) is 2. The largest absolute Gasteiger partial charge is 0.493 e. The lowest BCUT2D eigenvalue weighted by molar-refractivity contribution is -0.135. The number of benzene rings is 1. The van der Waals surface area contributed by atoms with E-state index in [4.69, 9.17) is 9.47 Å². The molecular formula is C22H29N3O5. The molecule has 0 bridgehead atoms. The average molecular weight is 415 g/mol. The molecule has 0 N–H and O–H groups in total. The standard InChI is InChI=1S/C22H29N3O5/c1-23-20(26)11-13-24(22(23)28)15-21(27)25-12-5-4-6-17(25)9-7-16-8-10-18(29-2)19(14-16)30-3/h8,10-11,13-14,17H,4-7,9,12,15H2,1-3H3. The molecule has 1 aliphatic rings. The topological polar surface area (TPSA) is 82.8 Å². The fraction of sp³-hybridized carbons (Fsp3) is 0.500. The van der Waals surface area contributed by atoms with Crippen LogP contribution < -0.4 is 20.7 Å². The zero-order valence-corrected chi connectivity index (χ0v) is 17.8. The Morgan fingerprint density at radius 1 is 1.10 bits per heavy atom. The van der Waals surface area contributed by atoms with Gasteiger partial charge in [0.1, 0.15) is 6.54 Å². The number of aromatic nitrogens is 2. The van der Waals surface area contributed by atoms with Crippen molar-refractivity contribution in [3.8, 4) is 11.5 Å². The molecule has 0 saturated carbocycles. The highest BCUT2D eigenvalue weighted by atomic mass is 16.5. The van der Waals surface area contributed by atoms with Crippen molar-refractivity contribution < 1.29 is 14.3 Å². The first-order valence-electron chi connectivity index (χ1n) is 10.2. The molecule has 30 heavy (non-hydrogen) atoms. The third-order valence-electron chi connectivity index (χ3n) is 5.73. The number of amides is 1. The molecule has 0 radical (unpaired) electrons. The monoisotopic (exact) mass is 415 g/mol. The maximum absolute atomic E-state index is 13.0. The van der Waals surface area contributed by atoms with Crippen LogP contribution in [0.5, 0.6) is 11.5 Å². The highest BCUT2D eigenvalue weighted by Crippen LogP contribution is 2.29. The summed E-state index contributed by atoms with van der Waals surface area (Å²) >= 11 is 0. The van der Waals surface area contributed by atoms with Crippen molar-refractivity contribution in [2.45, 2.75) is 44.7 Å². The zero-order valence-electron chi connectivity index (χ0n) is 17.8. The van der Waals surface area contributed by atoms with Crippen LogP contribution in [0.1, 0.15) is 31.2 Å². The van der Waals surface area contributed by atoms with Gasteiger partial charge in [-0.25, -0.2) is 4.79 Å². The summed E-state index contributed by atoms with van der Waals surface area (Å²) < 4.78 is 13.0. The van der Waals surface area contributed by atoms with Crippen molar-refractivity contribution in [3.05, 3.63) is 56.9 Å². The van der Waals surface area contributed by atoms with Gasteiger partial charge in [-0.1, -0.05) is 6.07 Å². The van der Waals surface area contributed by atoms with Crippen LogP contribution in [0.3, 0.4) is 0 Å². The van der Waals surface area contributed by atoms with E-state index in [0.29, 0.717) is 18.0 Å². The Hall–Kier alpha value is -3.03. The highest BCUT2D eigenvalue weighted by Gasteiger charge is 2.27. The quantitative estimate of drug-likeness (QED) is 0.686. The molecule has 3 rings (SSSR count). The Morgan fingerprint density at radius 3 is 2.60 bits per heavy atom. The molecule has 0 aliphatic carbocycles. The minimum atomic E-state index is -0.477. The van der Waals surface area contributed by atoms with E-state index in [1.807, 2.05) is 23.1 Å². The summed E-state index contributed by atoms with van der Waals surface area (Å²) in [4.78, 5) is 38.7. The number of aryl methyl sites for hydroxylation is 1. The Labute approximate surface area is 175 Å². The van der Waals surface area contributed by atoms with E-state index in [0.717, 1.165) is 42.2 Å². The second-order valence-corrected chi connectivity index (χ2v) is 7.59. The van der Waals surface area contributed by atoms with E-state index in [2.05, 4.69) is 0 Å². The van der Waals surface area contributed by atoms with Gasteiger partial charge in [-0.05, 0) is 49.8 Å². The lowest BCUT2D eigenvalue weighted by Crippen LogP contribution is -2.47. The van der Waals surface area contributed by atoms with Gasteiger partial charge in [-0.2, -0.15) is 0 Å². The number of carbonyl (C=O) groups is 1. The Balaban J connectivity index is 1.69. The van der Waals surface area contributed by atoms with Crippen LogP contribution in [0.15, 0.2) is 40.1 Å². The first kappa shape index (κ1) is 21.7. The second kappa shape index (κ2) is 9.65. The van der Waals surface area contributed by atoms with E-state index in [1.165, 1.54) is 23.9 Å². The summed E-state index contributed by atoms with van der Waals surface area (Å²) in [6.07, 6.45) is 6.03. The van der Waals surface area contributed by atoms with E-state index < -0.39 is 5.69 Å². The van der Waals surface area contributed by atoms with Crippen molar-refractivity contribution in [2.24, 2.45) is 7.05 Å². The molecule has 8 nitrogen and oxygen atoms in total. The van der Waals surface area contributed by atoms with E-state index in [9.17, 15) is 14.4 Å². The molecular weight excluding hydrogens is 386 g/mol. The predicted molar refractivity (Wildman–Crippen MR) is 113 cm³/mol. The van der Waals surface area contributed by atoms with Gasteiger partial charge in [0.15, 0.2) is 11.5 Å². The Morgan fingerprint density at radius 2 is 1.87 bits per heavy atom. The van der Waals surface area contributed by atoms with Crippen molar-refractivity contribution in [2.75, 3.05) is 20.8 Å². The number of piperidine rings is 1. The smallest absolute Gasteiger partial charge is 0.331 e. The molecule has 2 heterocycles. The number of nitrogens with zero attached hydrogens (tertiary/aromatic N) is 3. The molecule has 162 valence electrons. The van der Waals surface area contributed by atoms with E-state index >= 15 is 0 Å². The van der Waals surface area contributed by atoms with Crippen LogP contribution in [-0.2, 0) is 24.8 Å². The molecule has 1 aliphatic heterocycles. The van der Waals surface area contributed by atoms with Crippen molar-refractivity contribution in [1.82, 2.24) is 14.0 Å². The summed E-state index contributed by atoms with van der Waals surface area (Å²) in [5.74, 6) is 1.30. The van der Waals surface area contributed by atoms with E-state index in [-0.39, 0.29) is 24.1 Å². The van der Waals surface area contributed by atoms with Crippen LogP contribution in [-0.4, -0.2) is 46.7 Å². The molecule has 2 aromatic rings. The molecule has 1 atom stereocenters. The molecule has 1 aromatic carbocycles. The van der Waals surface area contributed by atoms with Crippen LogP contribution in [0.25, 0.3) is 0 Å². The third-order valence-corrected chi connectivity index (χ3v) is 5.73. The predicted octanol–water partition coefficient (Wildman–Crippen LogP) is 1.58. The lowest BCUT2D eigenvalue weighted by atomic mass is 9.95. The number of hydrogen-bond acceptors (Lipinski definition) is 5. The number of rotatable bonds is 7. The Bertz CT molecular complexity index is 1010. The van der Waals surface area contributed by atoms with Crippen LogP contribution in [0, 0.1) is 0 Å². The van der Waals surface area contributed by atoms with Crippen molar-refractivity contribution in [1.29, 1.82) is 0 Å². The molecule has 8 heteroatoms. The van der Waals surface area contributed by atoms with Gasteiger partial charge in [0, 0.05) is 31.9 Å². The van der Waals surface area contributed by atoms with Gasteiger partial charge < -0.3 is 14.4 Å².